The van der Waals surface area contributed by atoms with Crippen molar-refractivity contribution in [2.45, 2.75) is 12.6 Å². The molecule has 0 radical (unpaired) electrons. The molecule has 0 spiro atoms. The summed E-state index contributed by atoms with van der Waals surface area (Å²) in [7, 11) is 0. The first kappa shape index (κ1) is 20.7. The number of aromatic nitrogens is 2. The highest BCUT2D eigenvalue weighted by molar-refractivity contribution is 6.42. The van der Waals surface area contributed by atoms with Crippen LogP contribution in [0.4, 0.5) is 19.0 Å². The van der Waals surface area contributed by atoms with Crippen molar-refractivity contribution in [1.82, 2.24) is 9.97 Å². The highest BCUT2D eigenvalue weighted by atomic mass is 35.5. The normalized spacial score (nSPS) is 11.5. The van der Waals surface area contributed by atoms with Gasteiger partial charge in [0.25, 0.3) is 0 Å². The van der Waals surface area contributed by atoms with Crippen LogP contribution >= 0.6 is 34.8 Å². The molecule has 1 heterocycles. The molecule has 0 aliphatic heterocycles. The summed E-state index contributed by atoms with van der Waals surface area (Å²) in [6.07, 6.45) is -2.48. The van der Waals surface area contributed by atoms with Crippen molar-refractivity contribution < 1.29 is 13.2 Å². The Morgan fingerprint density at radius 2 is 1.64 bits per heavy atom. The molecule has 9 heteroatoms. The summed E-state index contributed by atoms with van der Waals surface area (Å²) in [4.78, 5) is 8.23. The maximum absolute atomic E-state index is 12.8. The van der Waals surface area contributed by atoms with Gasteiger partial charge in [0.1, 0.15) is 12.1 Å². The number of hydrogen-bond donors (Lipinski definition) is 1. The Bertz CT molecular complexity index is 994. The van der Waals surface area contributed by atoms with Gasteiger partial charge >= 0.3 is 6.18 Å². The van der Waals surface area contributed by atoms with E-state index in [0.29, 0.717) is 40.1 Å². The number of benzene rings is 2. The maximum Gasteiger partial charge on any atom is 0.417 e. The van der Waals surface area contributed by atoms with Gasteiger partial charge in [-0.1, -0.05) is 46.9 Å². The van der Waals surface area contributed by atoms with Crippen molar-refractivity contribution in [1.29, 1.82) is 0 Å². The highest BCUT2D eigenvalue weighted by Gasteiger charge is 2.33. The Balaban J connectivity index is 1.70. The number of halogens is 6. The summed E-state index contributed by atoms with van der Waals surface area (Å²) in [6, 6.07) is 10.6. The third-order valence-corrected chi connectivity index (χ3v) is 4.99. The van der Waals surface area contributed by atoms with E-state index in [1.165, 1.54) is 18.5 Å². The lowest BCUT2D eigenvalue weighted by Gasteiger charge is -2.11. The van der Waals surface area contributed by atoms with Crippen LogP contribution in [0.25, 0.3) is 11.3 Å². The van der Waals surface area contributed by atoms with Crippen LogP contribution in [0.2, 0.25) is 15.1 Å². The van der Waals surface area contributed by atoms with Gasteiger partial charge in [0.15, 0.2) is 0 Å². The number of hydrogen-bond acceptors (Lipinski definition) is 3. The molecule has 2 aromatic carbocycles. The minimum Gasteiger partial charge on any atom is -0.370 e. The van der Waals surface area contributed by atoms with Gasteiger partial charge in [-0.25, -0.2) is 9.97 Å². The van der Waals surface area contributed by atoms with Crippen LogP contribution in [-0.4, -0.2) is 16.5 Å². The van der Waals surface area contributed by atoms with Crippen molar-refractivity contribution in [2.75, 3.05) is 11.9 Å². The van der Waals surface area contributed by atoms with Gasteiger partial charge in [0.05, 0.1) is 26.3 Å². The molecule has 1 N–H and O–H groups in total. The summed E-state index contributed by atoms with van der Waals surface area (Å²) < 4.78 is 38.5. The van der Waals surface area contributed by atoms with E-state index in [9.17, 15) is 13.2 Å². The fourth-order valence-corrected chi connectivity index (χ4v) is 3.15. The van der Waals surface area contributed by atoms with Gasteiger partial charge in [0.2, 0.25) is 0 Å². The second kappa shape index (κ2) is 8.55. The van der Waals surface area contributed by atoms with Gasteiger partial charge in [-0.3, -0.25) is 0 Å². The molecule has 0 unspecified atom stereocenters. The minimum atomic E-state index is -4.50. The Kier molecular flexibility index (Phi) is 6.33. The van der Waals surface area contributed by atoms with E-state index in [4.69, 9.17) is 34.8 Å². The highest BCUT2D eigenvalue weighted by Crippen LogP contribution is 2.36. The molecular weight excluding hydrogens is 434 g/mol. The summed E-state index contributed by atoms with van der Waals surface area (Å²) >= 11 is 17.7. The third-order valence-electron chi connectivity index (χ3n) is 3.94. The molecule has 3 nitrogen and oxygen atoms in total. The van der Waals surface area contributed by atoms with E-state index >= 15 is 0 Å². The largest absolute Gasteiger partial charge is 0.417 e. The molecule has 0 amide bonds. The minimum absolute atomic E-state index is 0.377. The SMILES string of the molecule is FC(F)(F)c1ccc(-c2cc(NCCc3ccc(Cl)c(Cl)c3)ncn2)cc1Cl. The summed E-state index contributed by atoms with van der Waals surface area (Å²) in [5, 5.41) is 3.75. The summed E-state index contributed by atoms with van der Waals surface area (Å²) in [5.41, 5.74) is 1.05. The first-order chi connectivity index (χ1) is 13.2. The van der Waals surface area contributed by atoms with Crippen LogP contribution in [0.15, 0.2) is 48.8 Å². The summed E-state index contributed by atoms with van der Waals surface area (Å²) in [6.45, 7) is 0.572. The zero-order valence-corrected chi connectivity index (χ0v) is 16.5. The van der Waals surface area contributed by atoms with Crippen LogP contribution in [0.3, 0.4) is 0 Å². The van der Waals surface area contributed by atoms with E-state index in [-0.39, 0.29) is 5.02 Å². The smallest absolute Gasteiger partial charge is 0.370 e. The fourth-order valence-electron chi connectivity index (χ4n) is 2.55. The molecular formula is C19H13Cl3F3N3. The van der Waals surface area contributed by atoms with Crippen LogP contribution in [0, 0.1) is 0 Å². The lowest BCUT2D eigenvalue weighted by atomic mass is 10.1. The van der Waals surface area contributed by atoms with Gasteiger partial charge in [-0.2, -0.15) is 13.2 Å². The summed E-state index contributed by atoms with van der Waals surface area (Å²) in [5.74, 6) is 0.543. The van der Waals surface area contributed by atoms with Gasteiger partial charge in [-0.05, 0) is 36.2 Å². The van der Waals surface area contributed by atoms with Gasteiger partial charge in [-0.15, -0.1) is 0 Å². The van der Waals surface area contributed by atoms with Gasteiger partial charge in [0, 0.05) is 18.2 Å². The second-order valence-corrected chi connectivity index (χ2v) is 7.13. The molecule has 0 saturated heterocycles. The predicted molar refractivity (Wildman–Crippen MR) is 106 cm³/mol. The van der Waals surface area contributed by atoms with Crippen LogP contribution in [-0.2, 0) is 12.6 Å². The van der Waals surface area contributed by atoms with E-state index in [2.05, 4.69) is 15.3 Å². The van der Waals surface area contributed by atoms with Crippen molar-refractivity contribution >= 4 is 40.6 Å². The number of alkyl halides is 3. The molecule has 3 aromatic rings. The first-order valence-corrected chi connectivity index (χ1v) is 9.24. The standard InChI is InChI=1S/C19H13Cl3F3N3/c20-14-4-1-11(7-16(14)22)5-6-26-18-9-17(27-10-28-18)12-2-3-13(15(21)8-12)19(23,24)25/h1-4,7-10H,5-6H2,(H,26,27,28). The molecule has 0 fully saturated rings. The molecule has 28 heavy (non-hydrogen) atoms. The Morgan fingerprint density at radius 1 is 0.857 bits per heavy atom. The average molecular weight is 447 g/mol. The van der Waals surface area contributed by atoms with Crippen molar-refractivity contribution in [2.24, 2.45) is 0 Å². The zero-order chi connectivity index (χ0) is 20.3. The van der Waals surface area contributed by atoms with E-state index in [0.717, 1.165) is 11.6 Å². The molecule has 0 aliphatic rings. The molecule has 3 rings (SSSR count). The molecule has 0 saturated carbocycles. The predicted octanol–water partition coefficient (Wildman–Crippen LogP) is 6.78. The van der Waals surface area contributed by atoms with E-state index in [1.807, 2.05) is 6.07 Å². The number of nitrogens with one attached hydrogen (secondary N) is 1. The molecule has 0 bridgehead atoms. The molecule has 0 atom stereocenters. The van der Waals surface area contributed by atoms with Crippen molar-refractivity contribution in [3.63, 3.8) is 0 Å². The molecule has 1 aromatic heterocycles. The van der Waals surface area contributed by atoms with E-state index in [1.54, 1.807) is 18.2 Å². The molecule has 0 aliphatic carbocycles. The fraction of sp³-hybridized carbons (Fsp3) is 0.158. The Labute approximate surface area is 174 Å². The zero-order valence-electron chi connectivity index (χ0n) is 14.2. The first-order valence-electron chi connectivity index (χ1n) is 8.11. The number of rotatable bonds is 5. The number of anilines is 1. The van der Waals surface area contributed by atoms with Crippen molar-refractivity contribution in [3.8, 4) is 11.3 Å². The van der Waals surface area contributed by atoms with Crippen LogP contribution < -0.4 is 5.32 Å². The van der Waals surface area contributed by atoms with E-state index < -0.39 is 11.7 Å². The van der Waals surface area contributed by atoms with Crippen LogP contribution in [0.1, 0.15) is 11.1 Å². The lowest BCUT2D eigenvalue weighted by Crippen LogP contribution is -2.07. The lowest BCUT2D eigenvalue weighted by molar-refractivity contribution is -0.137. The topological polar surface area (TPSA) is 37.8 Å². The monoisotopic (exact) mass is 445 g/mol. The Hall–Kier alpha value is -2.02. The van der Waals surface area contributed by atoms with Crippen molar-refractivity contribution in [3.05, 3.63) is 75.0 Å². The second-order valence-electron chi connectivity index (χ2n) is 5.91. The molecule has 146 valence electrons. The average Bonchev–Trinajstić information content (AvgIpc) is 2.64. The third kappa shape index (κ3) is 5.07. The van der Waals surface area contributed by atoms with Crippen LogP contribution in [0.5, 0.6) is 0 Å². The number of nitrogens with zero attached hydrogens (tertiary/aromatic N) is 2. The maximum atomic E-state index is 12.8. The Morgan fingerprint density at radius 3 is 2.32 bits per heavy atom. The van der Waals surface area contributed by atoms with Gasteiger partial charge < -0.3 is 5.32 Å². The quantitative estimate of drug-likeness (QED) is 0.469.